The molecule has 1 unspecified atom stereocenters. The van der Waals surface area contributed by atoms with Crippen molar-refractivity contribution in [3.05, 3.63) is 0 Å². The van der Waals surface area contributed by atoms with Crippen molar-refractivity contribution < 1.29 is 9.90 Å². The van der Waals surface area contributed by atoms with Crippen molar-refractivity contribution in [3.63, 3.8) is 0 Å². The van der Waals surface area contributed by atoms with E-state index in [4.69, 9.17) is 5.11 Å². The second kappa shape index (κ2) is 6.11. The minimum absolute atomic E-state index is 0.232. The number of carboxylic acids is 1. The molecular weight excluding hydrogens is 190 g/mol. The highest BCUT2D eigenvalue weighted by Crippen LogP contribution is 2.26. The minimum Gasteiger partial charge on any atom is -0.481 e. The monoisotopic (exact) mass is 213 g/mol. The van der Waals surface area contributed by atoms with E-state index in [0.29, 0.717) is 12.5 Å². The van der Waals surface area contributed by atoms with Gasteiger partial charge in [0.05, 0.1) is 6.42 Å². The van der Waals surface area contributed by atoms with Crippen LogP contribution in [0.15, 0.2) is 0 Å². The molecule has 1 saturated carbocycles. The molecule has 0 aromatic heterocycles. The van der Waals surface area contributed by atoms with Gasteiger partial charge in [-0.05, 0) is 25.8 Å². The Kier molecular flexibility index (Phi) is 5.09. The van der Waals surface area contributed by atoms with Crippen molar-refractivity contribution in [2.24, 2.45) is 0 Å². The zero-order chi connectivity index (χ0) is 11.3. The van der Waals surface area contributed by atoms with E-state index in [-0.39, 0.29) is 6.04 Å². The Morgan fingerprint density at radius 1 is 1.40 bits per heavy atom. The maximum absolute atomic E-state index is 10.8. The van der Waals surface area contributed by atoms with Crippen LogP contribution in [0.25, 0.3) is 0 Å². The topological polar surface area (TPSA) is 40.5 Å². The number of rotatable bonds is 6. The maximum Gasteiger partial charge on any atom is 0.304 e. The van der Waals surface area contributed by atoms with Gasteiger partial charge >= 0.3 is 5.97 Å². The van der Waals surface area contributed by atoms with Crippen LogP contribution in [-0.2, 0) is 4.79 Å². The average molecular weight is 213 g/mol. The van der Waals surface area contributed by atoms with E-state index in [9.17, 15) is 4.79 Å². The Morgan fingerprint density at radius 2 is 2.00 bits per heavy atom. The summed E-state index contributed by atoms with van der Waals surface area (Å²) in [6, 6.07) is 0.870. The normalized spacial score (nSPS) is 19.7. The quantitative estimate of drug-likeness (QED) is 0.737. The fraction of sp³-hybridized carbons (Fsp3) is 0.917. The van der Waals surface area contributed by atoms with Crippen molar-refractivity contribution in [1.29, 1.82) is 0 Å². The lowest BCUT2D eigenvalue weighted by molar-refractivity contribution is -0.138. The molecule has 1 aliphatic carbocycles. The van der Waals surface area contributed by atoms with Gasteiger partial charge in [-0.3, -0.25) is 9.69 Å². The summed E-state index contributed by atoms with van der Waals surface area (Å²) in [5.41, 5.74) is 0. The van der Waals surface area contributed by atoms with Crippen molar-refractivity contribution >= 4 is 5.97 Å². The zero-order valence-corrected chi connectivity index (χ0v) is 9.91. The van der Waals surface area contributed by atoms with Crippen LogP contribution in [0.4, 0.5) is 0 Å². The molecule has 0 radical (unpaired) electrons. The lowest BCUT2D eigenvalue weighted by Crippen LogP contribution is -2.42. The third-order valence-corrected chi connectivity index (χ3v) is 3.51. The molecule has 1 aliphatic rings. The van der Waals surface area contributed by atoms with Gasteiger partial charge in [-0.15, -0.1) is 0 Å². The molecule has 0 aromatic carbocycles. The first-order chi connectivity index (χ1) is 7.19. The van der Waals surface area contributed by atoms with Crippen LogP contribution < -0.4 is 0 Å². The highest BCUT2D eigenvalue weighted by molar-refractivity contribution is 5.67. The molecule has 0 bridgehead atoms. The predicted octanol–water partition coefficient (Wildman–Crippen LogP) is 2.50. The highest BCUT2D eigenvalue weighted by atomic mass is 16.4. The van der Waals surface area contributed by atoms with Gasteiger partial charge in [0.25, 0.3) is 0 Å². The first-order valence-electron chi connectivity index (χ1n) is 6.16. The Morgan fingerprint density at radius 3 is 2.40 bits per heavy atom. The van der Waals surface area contributed by atoms with E-state index < -0.39 is 5.97 Å². The molecule has 15 heavy (non-hydrogen) atoms. The number of carbonyl (C=O) groups is 1. The van der Waals surface area contributed by atoms with E-state index in [1.165, 1.54) is 25.7 Å². The van der Waals surface area contributed by atoms with Crippen molar-refractivity contribution in [3.8, 4) is 0 Å². The summed E-state index contributed by atoms with van der Waals surface area (Å²) in [7, 11) is 0. The number of hydrogen-bond acceptors (Lipinski definition) is 2. The van der Waals surface area contributed by atoms with Gasteiger partial charge < -0.3 is 5.11 Å². The molecule has 3 nitrogen and oxygen atoms in total. The lowest BCUT2D eigenvalue weighted by Gasteiger charge is -2.34. The van der Waals surface area contributed by atoms with Gasteiger partial charge in [-0.25, -0.2) is 0 Å². The predicted molar refractivity (Wildman–Crippen MR) is 61.0 cm³/mol. The summed E-state index contributed by atoms with van der Waals surface area (Å²) >= 11 is 0. The van der Waals surface area contributed by atoms with Crippen LogP contribution in [0.1, 0.15) is 52.4 Å². The van der Waals surface area contributed by atoms with Crippen LogP contribution in [0.3, 0.4) is 0 Å². The lowest BCUT2D eigenvalue weighted by atomic mass is 10.1. The van der Waals surface area contributed by atoms with E-state index in [1.807, 2.05) is 0 Å². The molecule has 1 N–H and O–H groups in total. The molecule has 0 saturated heterocycles. The Bertz CT molecular complexity index is 200. The zero-order valence-electron chi connectivity index (χ0n) is 9.91. The van der Waals surface area contributed by atoms with E-state index in [0.717, 1.165) is 13.0 Å². The third-order valence-electron chi connectivity index (χ3n) is 3.51. The summed E-state index contributed by atoms with van der Waals surface area (Å²) in [5.74, 6) is -0.668. The number of aliphatic carboxylic acids is 1. The van der Waals surface area contributed by atoms with Gasteiger partial charge in [-0.2, -0.15) is 0 Å². The number of nitrogens with zero attached hydrogens (tertiary/aromatic N) is 1. The molecule has 0 aliphatic heterocycles. The highest BCUT2D eigenvalue weighted by Gasteiger charge is 2.27. The molecule has 0 aromatic rings. The van der Waals surface area contributed by atoms with E-state index in [2.05, 4.69) is 18.7 Å². The van der Waals surface area contributed by atoms with Gasteiger partial charge in [0.15, 0.2) is 0 Å². The minimum atomic E-state index is -0.668. The molecule has 1 fully saturated rings. The van der Waals surface area contributed by atoms with Gasteiger partial charge in [0.1, 0.15) is 0 Å². The van der Waals surface area contributed by atoms with Crippen LogP contribution in [0.5, 0.6) is 0 Å². The standard InChI is InChI=1S/C12H23NO2/c1-3-10(9-12(14)15)13(4-2)11-7-5-6-8-11/h10-11H,3-9H2,1-2H3,(H,14,15). The smallest absolute Gasteiger partial charge is 0.304 e. The maximum atomic E-state index is 10.8. The molecule has 88 valence electrons. The van der Waals surface area contributed by atoms with Crippen LogP contribution in [0, 0.1) is 0 Å². The first-order valence-corrected chi connectivity index (χ1v) is 6.16. The summed E-state index contributed by atoms with van der Waals surface area (Å²) < 4.78 is 0. The fourth-order valence-corrected chi connectivity index (χ4v) is 2.75. The van der Waals surface area contributed by atoms with Gasteiger partial charge in [0, 0.05) is 12.1 Å². The van der Waals surface area contributed by atoms with Crippen molar-refractivity contribution in [2.45, 2.75) is 64.5 Å². The summed E-state index contributed by atoms with van der Waals surface area (Å²) in [4.78, 5) is 13.2. The van der Waals surface area contributed by atoms with Crippen LogP contribution in [-0.4, -0.2) is 34.6 Å². The summed E-state index contributed by atoms with van der Waals surface area (Å²) in [6.45, 7) is 5.21. The fourth-order valence-electron chi connectivity index (χ4n) is 2.75. The molecule has 1 atom stereocenters. The van der Waals surface area contributed by atoms with Crippen LogP contribution >= 0.6 is 0 Å². The summed E-state index contributed by atoms with van der Waals surface area (Å²) in [6.07, 6.45) is 6.36. The van der Waals surface area contributed by atoms with Gasteiger partial charge in [-0.1, -0.05) is 26.7 Å². The Hall–Kier alpha value is -0.570. The Balaban J connectivity index is 2.56. The number of carboxylic acid groups (broad SMARTS) is 1. The van der Waals surface area contributed by atoms with Crippen LogP contribution in [0.2, 0.25) is 0 Å². The third kappa shape index (κ3) is 3.49. The molecule has 0 spiro atoms. The number of hydrogen-bond donors (Lipinski definition) is 1. The van der Waals surface area contributed by atoms with Gasteiger partial charge in [0.2, 0.25) is 0 Å². The molecule has 0 heterocycles. The molecule has 0 amide bonds. The molecule has 3 heteroatoms. The first kappa shape index (κ1) is 12.5. The van der Waals surface area contributed by atoms with E-state index in [1.54, 1.807) is 0 Å². The second-order valence-corrected chi connectivity index (χ2v) is 4.43. The van der Waals surface area contributed by atoms with E-state index >= 15 is 0 Å². The Labute approximate surface area is 92.5 Å². The molecule has 1 rings (SSSR count). The second-order valence-electron chi connectivity index (χ2n) is 4.43. The average Bonchev–Trinajstić information content (AvgIpc) is 2.70. The largest absolute Gasteiger partial charge is 0.481 e. The molecular formula is C12H23NO2. The summed E-state index contributed by atoms with van der Waals surface area (Å²) in [5, 5.41) is 8.88. The SMILES string of the molecule is CCC(CC(=O)O)N(CC)C1CCCC1. The van der Waals surface area contributed by atoms with Crippen molar-refractivity contribution in [1.82, 2.24) is 4.90 Å². The van der Waals surface area contributed by atoms with Crippen molar-refractivity contribution in [2.75, 3.05) is 6.54 Å².